The fourth-order valence-electron chi connectivity index (χ4n) is 3.25. The summed E-state index contributed by atoms with van der Waals surface area (Å²) in [6, 6.07) is 6.04. The van der Waals surface area contributed by atoms with Crippen LogP contribution in [0.1, 0.15) is 53.9 Å². The first-order chi connectivity index (χ1) is 13.7. The maximum absolute atomic E-state index is 13.0. The van der Waals surface area contributed by atoms with Gasteiger partial charge < -0.3 is 0 Å². The third-order valence-electron chi connectivity index (χ3n) is 5.12. The Balaban J connectivity index is 1.83. The van der Waals surface area contributed by atoms with E-state index in [1.807, 2.05) is 39.8 Å². The lowest BCUT2D eigenvalue weighted by Gasteiger charge is -2.26. The molecule has 6 nitrogen and oxygen atoms in total. The molecule has 0 radical (unpaired) electrons. The summed E-state index contributed by atoms with van der Waals surface area (Å²) in [6.07, 6.45) is 6.68. The van der Waals surface area contributed by atoms with Gasteiger partial charge in [0.1, 0.15) is 17.3 Å². The van der Waals surface area contributed by atoms with E-state index in [4.69, 9.17) is 0 Å². The summed E-state index contributed by atoms with van der Waals surface area (Å²) in [5.74, 6) is 0.621. The lowest BCUT2D eigenvalue weighted by atomic mass is 9.76. The minimum atomic E-state index is -0.687. The van der Waals surface area contributed by atoms with Gasteiger partial charge >= 0.3 is 0 Å². The van der Waals surface area contributed by atoms with Crippen LogP contribution in [0.25, 0.3) is 11.1 Å². The van der Waals surface area contributed by atoms with Crippen molar-refractivity contribution in [3.8, 4) is 11.1 Å². The molecule has 0 unspecified atom stereocenters. The van der Waals surface area contributed by atoms with E-state index in [2.05, 4.69) is 26.0 Å². The second kappa shape index (κ2) is 7.99. The number of ketones is 2. The Morgan fingerprint density at radius 2 is 1.59 bits per heavy atom. The van der Waals surface area contributed by atoms with Gasteiger partial charge in [0.15, 0.2) is 5.78 Å². The second-order valence-corrected chi connectivity index (χ2v) is 7.72. The lowest BCUT2D eigenvalue weighted by Crippen LogP contribution is -2.31. The van der Waals surface area contributed by atoms with Crippen LogP contribution in [0.15, 0.2) is 43.0 Å². The molecule has 0 fully saturated rings. The summed E-state index contributed by atoms with van der Waals surface area (Å²) >= 11 is 0. The van der Waals surface area contributed by atoms with Crippen LogP contribution in [-0.2, 0) is 16.6 Å². The summed E-state index contributed by atoms with van der Waals surface area (Å²) in [5.41, 5.74) is 4.11. The highest BCUT2D eigenvalue weighted by Gasteiger charge is 2.31. The van der Waals surface area contributed by atoms with Gasteiger partial charge in [0, 0.05) is 36.5 Å². The smallest absolute Gasteiger partial charge is 0.179 e. The zero-order valence-electron chi connectivity index (χ0n) is 17.4. The maximum atomic E-state index is 13.0. The minimum Gasteiger partial charge on any atom is -0.298 e. The SMILES string of the molecule is CC(=O)c1cnc(CC(=O)C(C)(C)c2ccc(-c3cnc(C)nc3)cc2C)cn1. The molecule has 1 aromatic carbocycles. The molecule has 0 aliphatic rings. The van der Waals surface area contributed by atoms with E-state index in [1.54, 1.807) is 12.4 Å². The van der Waals surface area contributed by atoms with Gasteiger partial charge in [-0.25, -0.2) is 15.0 Å². The first-order valence-corrected chi connectivity index (χ1v) is 9.44. The Hall–Kier alpha value is -3.28. The second-order valence-electron chi connectivity index (χ2n) is 7.72. The molecule has 0 aliphatic heterocycles. The van der Waals surface area contributed by atoms with Crippen molar-refractivity contribution < 1.29 is 9.59 Å². The van der Waals surface area contributed by atoms with Gasteiger partial charge in [-0.3, -0.25) is 14.6 Å². The van der Waals surface area contributed by atoms with Crippen LogP contribution in [0, 0.1) is 13.8 Å². The van der Waals surface area contributed by atoms with Crippen LogP contribution in [0.4, 0.5) is 0 Å². The molecule has 0 N–H and O–H groups in total. The summed E-state index contributed by atoms with van der Waals surface area (Å²) in [6.45, 7) is 9.13. The number of hydrogen-bond acceptors (Lipinski definition) is 6. The molecule has 0 amide bonds. The van der Waals surface area contributed by atoms with Crippen molar-refractivity contribution in [1.82, 2.24) is 19.9 Å². The van der Waals surface area contributed by atoms with Crippen molar-refractivity contribution in [2.24, 2.45) is 0 Å². The van der Waals surface area contributed by atoms with E-state index >= 15 is 0 Å². The largest absolute Gasteiger partial charge is 0.298 e. The number of Topliss-reactive ketones (excluding diaryl/α,β-unsaturated/α-hetero) is 2. The monoisotopic (exact) mass is 388 g/mol. The standard InChI is InChI=1S/C23H24N4O2/c1-14-8-17(18-10-24-16(3)25-11-18)6-7-20(14)23(4,5)22(29)9-19-12-27-21(13-26-19)15(2)28/h6-8,10-13H,9H2,1-5H3. The fourth-order valence-corrected chi connectivity index (χ4v) is 3.25. The molecule has 3 aromatic rings. The molecule has 2 heterocycles. The molecule has 0 atom stereocenters. The average Bonchev–Trinajstić information content (AvgIpc) is 2.68. The number of nitrogens with zero attached hydrogens (tertiary/aromatic N) is 4. The predicted octanol–water partition coefficient (Wildman–Crippen LogP) is 3.84. The van der Waals surface area contributed by atoms with E-state index < -0.39 is 5.41 Å². The van der Waals surface area contributed by atoms with Gasteiger partial charge in [-0.2, -0.15) is 0 Å². The van der Waals surface area contributed by atoms with Crippen LogP contribution in [0.5, 0.6) is 0 Å². The van der Waals surface area contributed by atoms with Crippen molar-refractivity contribution in [1.29, 1.82) is 0 Å². The molecule has 0 spiro atoms. The Bertz CT molecular complexity index is 1060. The Kier molecular flexibility index (Phi) is 5.64. The summed E-state index contributed by atoms with van der Waals surface area (Å²) in [5, 5.41) is 0. The Labute approximate surface area is 170 Å². The van der Waals surface area contributed by atoms with Gasteiger partial charge in [-0.15, -0.1) is 0 Å². The van der Waals surface area contributed by atoms with Crippen LogP contribution in [-0.4, -0.2) is 31.5 Å². The molecular weight excluding hydrogens is 364 g/mol. The number of hydrogen-bond donors (Lipinski definition) is 0. The summed E-state index contributed by atoms with van der Waals surface area (Å²) in [4.78, 5) is 41.2. The quantitative estimate of drug-likeness (QED) is 0.596. The molecule has 2 aromatic heterocycles. The van der Waals surface area contributed by atoms with Gasteiger partial charge in [-0.1, -0.05) is 18.2 Å². The van der Waals surface area contributed by atoms with E-state index in [1.165, 1.54) is 19.3 Å². The Morgan fingerprint density at radius 3 is 2.14 bits per heavy atom. The molecule has 29 heavy (non-hydrogen) atoms. The topological polar surface area (TPSA) is 85.7 Å². The number of benzene rings is 1. The van der Waals surface area contributed by atoms with Gasteiger partial charge in [-0.05, 0) is 44.4 Å². The number of carbonyl (C=O) groups excluding carboxylic acids is 2. The minimum absolute atomic E-state index is 0.0388. The van der Waals surface area contributed by atoms with Crippen LogP contribution in [0.2, 0.25) is 0 Å². The number of rotatable bonds is 6. The molecule has 148 valence electrons. The van der Waals surface area contributed by atoms with Crippen molar-refractivity contribution in [3.05, 3.63) is 71.3 Å². The molecule has 0 bridgehead atoms. The van der Waals surface area contributed by atoms with Crippen LogP contribution < -0.4 is 0 Å². The van der Waals surface area contributed by atoms with Crippen LogP contribution >= 0.6 is 0 Å². The number of aryl methyl sites for hydroxylation is 2. The third kappa shape index (κ3) is 4.42. The van der Waals surface area contributed by atoms with Gasteiger partial charge in [0.05, 0.1) is 18.3 Å². The van der Waals surface area contributed by atoms with Crippen molar-refractivity contribution in [2.45, 2.75) is 46.5 Å². The molecule has 0 saturated carbocycles. The lowest BCUT2D eigenvalue weighted by molar-refractivity contribution is -0.122. The summed E-state index contributed by atoms with van der Waals surface area (Å²) < 4.78 is 0. The van der Waals surface area contributed by atoms with Crippen molar-refractivity contribution in [2.75, 3.05) is 0 Å². The zero-order chi connectivity index (χ0) is 21.2. The molecule has 3 rings (SSSR count). The average molecular weight is 388 g/mol. The highest BCUT2D eigenvalue weighted by molar-refractivity contribution is 5.92. The highest BCUT2D eigenvalue weighted by atomic mass is 16.1. The zero-order valence-corrected chi connectivity index (χ0v) is 17.4. The van der Waals surface area contributed by atoms with Crippen molar-refractivity contribution in [3.63, 3.8) is 0 Å². The van der Waals surface area contributed by atoms with E-state index in [0.29, 0.717) is 11.4 Å². The number of carbonyl (C=O) groups is 2. The van der Waals surface area contributed by atoms with E-state index in [9.17, 15) is 9.59 Å². The molecule has 0 saturated heterocycles. The normalized spacial score (nSPS) is 11.3. The fraction of sp³-hybridized carbons (Fsp3) is 0.304. The third-order valence-corrected chi connectivity index (χ3v) is 5.12. The number of aromatic nitrogens is 4. The molecule has 6 heteroatoms. The van der Waals surface area contributed by atoms with Gasteiger partial charge in [0.2, 0.25) is 0 Å². The molecule has 0 aliphatic carbocycles. The van der Waals surface area contributed by atoms with Crippen molar-refractivity contribution >= 4 is 11.6 Å². The first kappa shape index (κ1) is 20.5. The summed E-state index contributed by atoms with van der Waals surface area (Å²) in [7, 11) is 0. The van der Waals surface area contributed by atoms with Gasteiger partial charge in [0.25, 0.3) is 0 Å². The van der Waals surface area contributed by atoms with E-state index in [-0.39, 0.29) is 18.0 Å². The van der Waals surface area contributed by atoms with Crippen LogP contribution in [0.3, 0.4) is 0 Å². The predicted molar refractivity (Wildman–Crippen MR) is 111 cm³/mol. The Morgan fingerprint density at radius 1 is 0.897 bits per heavy atom. The first-order valence-electron chi connectivity index (χ1n) is 9.44. The maximum Gasteiger partial charge on any atom is 0.179 e. The molecular formula is C23H24N4O2. The van der Waals surface area contributed by atoms with E-state index in [0.717, 1.165) is 28.1 Å². The highest BCUT2D eigenvalue weighted by Crippen LogP contribution is 2.31.